The summed E-state index contributed by atoms with van der Waals surface area (Å²) in [4.78, 5) is 23.8. The summed E-state index contributed by atoms with van der Waals surface area (Å²) in [5, 5.41) is 0. The summed E-state index contributed by atoms with van der Waals surface area (Å²) in [5.74, 6) is -0.754. The van der Waals surface area contributed by atoms with Gasteiger partial charge in [0.2, 0.25) is 11.8 Å². The summed E-state index contributed by atoms with van der Waals surface area (Å²) in [6, 6.07) is -1.19. The van der Waals surface area contributed by atoms with Crippen LogP contribution in [0.15, 0.2) is 0 Å². The second-order valence-corrected chi connectivity index (χ2v) is 3.30. The molecule has 1 rings (SSSR count). The van der Waals surface area contributed by atoms with Crippen molar-refractivity contribution in [3.8, 4) is 0 Å². The quantitative estimate of drug-likeness (QED) is 0.552. The van der Waals surface area contributed by atoms with Crippen LogP contribution in [0.1, 0.15) is 6.42 Å². The number of carbonyl (C=O) groups excluding carboxylic acids is 2. The average Bonchev–Trinajstić information content (AvgIpc) is 2.01. The van der Waals surface area contributed by atoms with Crippen LogP contribution in [0.25, 0.3) is 0 Å². The second-order valence-electron chi connectivity index (χ2n) is 3.30. The fourth-order valence-corrected chi connectivity index (χ4v) is 1.41. The van der Waals surface area contributed by atoms with Crippen LogP contribution in [-0.4, -0.2) is 49.1 Å². The van der Waals surface area contributed by atoms with Gasteiger partial charge in [-0.2, -0.15) is 0 Å². The molecule has 1 saturated heterocycles. The number of hydrogen-bond donors (Lipinski definition) is 2. The first-order chi connectivity index (χ1) is 6.57. The highest BCUT2D eigenvalue weighted by atomic mass is 16.5. The number of nitrogens with two attached hydrogens (primary N) is 2. The number of nitrogens with zero attached hydrogens (tertiary/aromatic N) is 1. The number of primary amides is 1. The zero-order valence-electron chi connectivity index (χ0n) is 8.10. The van der Waals surface area contributed by atoms with Crippen LogP contribution in [0, 0.1) is 0 Å². The number of likely N-dealkylation sites (tertiary alicyclic amines) is 1. The molecule has 0 aromatic carbocycles. The Morgan fingerprint density at radius 1 is 1.64 bits per heavy atom. The molecule has 0 aromatic rings. The molecule has 1 fully saturated rings. The Morgan fingerprint density at radius 3 is 2.64 bits per heavy atom. The van der Waals surface area contributed by atoms with Gasteiger partial charge >= 0.3 is 0 Å². The van der Waals surface area contributed by atoms with E-state index in [-0.39, 0.29) is 12.5 Å². The van der Waals surface area contributed by atoms with Crippen molar-refractivity contribution >= 4 is 11.8 Å². The monoisotopic (exact) mass is 201 g/mol. The van der Waals surface area contributed by atoms with E-state index in [0.29, 0.717) is 13.0 Å². The maximum absolute atomic E-state index is 11.5. The van der Waals surface area contributed by atoms with Gasteiger partial charge in [-0.3, -0.25) is 9.59 Å². The second kappa shape index (κ2) is 4.39. The summed E-state index contributed by atoms with van der Waals surface area (Å²) in [7, 11) is 1.47. The highest BCUT2D eigenvalue weighted by Gasteiger charge is 2.37. The Bertz CT molecular complexity index is 244. The van der Waals surface area contributed by atoms with E-state index in [9.17, 15) is 9.59 Å². The Balaban J connectivity index is 2.49. The van der Waals surface area contributed by atoms with Gasteiger partial charge in [0.15, 0.2) is 0 Å². The van der Waals surface area contributed by atoms with Crippen molar-refractivity contribution in [3.05, 3.63) is 0 Å². The maximum Gasteiger partial charge on any atom is 0.242 e. The molecule has 4 N–H and O–H groups in total. The molecular formula is C8H15N3O3. The average molecular weight is 201 g/mol. The molecule has 0 spiro atoms. The number of ether oxygens (including phenoxy) is 1. The first-order valence-electron chi connectivity index (χ1n) is 4.42. The zero-order valence-corrected chi connectivity index (χ0v) is 8.10. The summed E-state index contributed by atoms with van der Waals surface area (Å²) in [6.45, 7) is 0.699. The number of methoxy groups -OCH3 is 1. The lowest BCUT2D eigenvalue weighted by molar-refractivity contribution is -0.147. The fraction of sp³-hybridized carbons (Fsp3) is 0.750. The Labute approximate surface area is 82.2 Å². The standard InChI is InChI=1S/C8H15N3O3/c1-14-4-5(9)8(13)11-3-2-6(11)7(10)12/h5-6H,2-4,9H2,1H3,(H2,10,12). The lowest BCUT2D eigenvalue weighted by Gasteiger charge is -2.39. The van der Waals surface area contributed by atoms with Crippen LogP contribution in [0.2, 0.25) is 0 Å². The highest BCUT2D eigenvalue weighted by molar-refractivity contribution is 5.90. The van der Waals surface area contributed by atoms with E-state index in [2.05, 4.69) is 0 Å². The maximum atomic E-state index is 11.5. The van der Waals surface area contributed by atoms with Crippen LogP contribution in [0.3, 0.4) is 0 Å². The molecule has 6 heteroatoms. The van der Waals surface area contributed by atoms with Gasteiger partial charge in [-0.15, -0.1) is 0 Å². The van der Waals surface area contributed by atoms with Crippen molar-refractivity contribution in [1.82, 2.24) is 4.90 Å². The van der Waals surface area contributed by atoms with E-state index in [1.54, 1.807) is 0 Å². The molecule has 1 aliphatic rings. The zero-order chi connectivity index (χ0) is 10.7. The molecule has 0 radical (unpaired) electrons. The SMILES string of the molecule is COCC(N)C(=O)N1CCC1C(N)=O. The lowest BCUT2D eigenvalue weighted by atomic mass is 10.0. The molecule has 0 aliphatic carbocycles. The van der Waals surface area contributed by atoms with E-state index < -0.39 is 18.0 Å². The molecule has 0 bridgehead atoms. The third-order valence-corrected chi connectivity index (χ3v) is 2.29. The van der Waals surface area contributed by atoms with Crippen LogP contribution in [0.4, 0.5) is 0 Å². The molecule has 0 saturated carbocycles. The minimum atomic E-state index is -0.706. The minimum absolute atomic E-state index is 0.154. The highest BCUT2D eigenvalue weighted by Crippen LogP contribution is 2.17. The molecule has 2 amide bonds. The van der Waals surface area contributed by atoms with E-state index in [0.717, 1.165) is 0 Å². The smallest absolute Gasteiger partial charge is 0.242 e. The van der Waals surface area contributed by atoms with Gasteiger partial charge in [0, 0.05) is 13.7 Å². The van der Waals surface area contributed by atoms with E-state index >= 15 is 0 Å². The van der Waals surface area contributed by atoms with Crippen LogP contribution < -0.4 is 11.5 Å². The molecule has 1 heterocycles. The molecule has 2 unspecified atom stereocenters. The number of rotatable bonds is 4. The van der Waals surface area contributed by atoms with Gasteiger partial charge in [-0.1, -0.05) is 0 Å². The molecule has 0 aromatic heterocycles. The third kappa shape index (κ3) is 2.02. The largest absolute Gasteiger partial charge is 0.383 e. The Morgan fingerprint density at radius 2 is 2.29 bits per heavy atom. The summed E-state index contributed by atoms with van der Waals surface area (Å²) >= 11 is 0. The van der Waals surface area contributed by atoms with Crippen molar-refractivity contribution in [2.75, 3.05) is 20.3 Å². The minimum Gasteiger partial charge on any atom is -0.383 e. The van der Waals surface area contributed by atoms with Gasteiger partial charge in [0.25, 0.3) is 0 Å². The normalized spacial score (nSPS) is 22.7. The molecule has 1 aliphatic heterocycles. The fourth-order valence-electron chi connectivity index (χ4n) is 1.41. The Hall–Kier alpha value is -1.14. The lowest BCUT2D eigenvalue weighted by Crippen LogP contribution is -2.61. The number of carbonyl (C=O) groups is 2. The van der Waals surface area contributed by atoms with Crippen molar-refractivity contribution in [3.63, 3.8) is 0 Å². The summed E-state index contributed by atoms with van der Waals surface area (Å²) < 4.78 is 4.75. The van der Waals surface area contributed by atoms with E-state index in [4.69, 9.17) is 16.2 Å². The van der Waals surface area contributed by atoms with Crippen molar-refractivity contribution in [1.29, 1.82) is 0 Å². The van der Waals surface area contributed by atoms with Crippen molar-refractivity contribution < 1.29 is 14.3 Å². The predicted octanol–water partition coefficient (Wildman–Crippen LogP) is -1.95. The predicted molar refractivity (Wildman–Crippen MR) is 49.2 cm³/mol. The van der Waals surface area contributed by atoms with Gasteiger partial charge in [0.05, 0.1) is 6.61 Å². The van der Waals surface area contributed by atoms with Gasteiger partial charge in [0.1, 0.15) is 12.1 Å². The number of hydrogen-bond acceptors (Lipinski definition) is 4. The van der Waals surface area contributed by atoms with E-state index in [1.165, 1.54) is 12.0 Å². The Kier molecular flexibility index (Phi) is 3.43. The van der Waals surface area contributed by atoms with Crippen molar-refractivity contribution in [2.24, 2.45) is 11.5 Å². The van der Waals surface area contributed by atoms with Crippen molar-refractivity contribution in [2.45, 2.75) is 18.5 Å². The first-order valence-corrected chi connectivity index (χ1v) is 4.42. The third-order valence-electron chi connectivity index (χ3n) is 2.29. The van der Waals surface area contributed by atoms with E-state index in [1.807, 2.05) is 0 Å². The van der Waals surface area contributed by atoms with Gasteiger partial charge in [-0.25, -0.2) is 0 Å². The summed E-state index contributed by atoms with van der Waals surface area (Å²) in [5.41, 5.74) is 10.6. The number of amides is 2. The van der Waals surface area contributed by atoms with Crippen LogP contribution in [0.5, 0.6) is 0 Å². The first kappa shape index (κ1) is 10.9. The topological polar surface area (TPSA) is 98.7 Å². The summed E-state index contributed by atoms with van der Waals surface area (Å²) in [6.07, 6.45) is 0.626. The molecular weight excluding hydrogens is 186 g/mol. The molecule has 2 atom stereocenters. The van der Waals surface area contributed by atoms with Gasteiger partial charge in [-0.05, 0) is 6.42 Å². The van der Waals surface area contributed by atoms with Crippen LogP contribution >= 0.6 is 0 Å². The molecule has 6 nitrogen and oxygen atoms in total. The van der Waals surface area contributed by atoms with Gasteiger partial charge < -0.3 is 21.1 Å². The molecule has 80 valence electrons. The van der Waals surface area contributed by atoms with Crippen LogP contribution in [-0.2, 0) is 14.3 Å². The molecule has 14 heavy (non-hydrogen) atoms.